The zero-order valence-electron chi connectivity index (χ0n) is 10.9. The van der Waals surface area contributed by atoms with Gasteiger partial charge >= 0.3 is 0 Å². The molecule has 2 N–H and O–H groups in total. The van der Waals surface area contributed by atoms with Crippen LogP contribution >= 0.6 is 0 Å². The number of nitrogens with two attached hydrogens (primary N) is 1. The minimum atomic E-state index is 0.282. The summed E-state index contributed by atoms with van der Waals surface area (Å²) in [5.41, 5.74) is 7.05. The molecule has 16 heavy (non-hydrogen) atoms. The Bertz CT molecular complexity index is 268. The predicted molar refractivity (Wildman–Crippen MR) is 73.0 cm³/mol. The van der Waals surface area contributed by atoms with Crippen molar-refractivity contribution in [2.45, 2.75) is 52.5 Å². The third-order valence-corrected chi connectivity index (χ3v) is 2.82. The lowest BCUT2D eigenvalue weighted by Gasteiger charge is -2.14. The Labute approximate surface area is 101 Å². The first-order valence-electron chi connectivity index (χ1n) is 6.15. The second-order valence-corrected chi connectivity index (χ2v) is 4.30. The molecule has 0 rings (SSSR count). The van der Waals surface area contributed by atoms with E-state index in [1.807, 2.05) is 13.8 Å². The fourth-order valence-electron chi connectivity index (χ4n) is 1.66. The zero-order valence-corrected chi connectivity index (χ0v) is 10.9. The van der Waals surface area contributed by atoms with Crippen molar-refractivity contribution in [3.8, 4) is 12.3 Å². The van der Waals surface area contributed by atoms with Gasteiger partial charge in [0.1, 0.15) is 0 Å². The minimum Gasteiger partial charge on any atom is -0.327 e. The first-order valence-corrected chi connectivity index (χ1v) is 6.15. The van der Waals surface area contributed by atoms with Crippen LogP contribution in [0.2, 0.25) is 0 Å². The molecule has 0 amide bonds. The van der Waals surface area contributed by atoms with Crippen LogP contribution in [-0.4, -0.2) is 6.04 Å². The Morgan fingerprint density at radius 1 is 1.44 bits per heavy atom. The third kappa shape index (κ3) is 7.31. The monoisotopic (exact) mass is 219 g/mol. The van der Waals surface area contributed by atoms with Crippen molar-refractivity contribution < 1.29 is 0 Å². The molecule has 0 bridgehead atoms. The predicted octanol–water partition coefficient (Wildman–Crippen LogP) is 3.67. The molecular weight excluding hydrogens is 194 g/mol. The van der Waals surface area contributed by atoms with Gasteiger partial charge in [-0.05, 0) is 51.0 Å². The van der Waals surface area contributed by atoms with Gasteiger partial charge in [0.05, 0.1) is 0 Å². The Hall–Kier alpha value is -1.00. The molecule has 0 aromatic rings. The van der Waals surface area contributed by atoms with Gasteiger partial charge in [-0.15, -0.1) is 6.42 Å². The molecule has 2 unspecified atom stereocenters. The molecule has 0 saturated heterocycles. The lowest BCUT2D eigenvalue weighted by atomic mass is 9.94. The third-order valence-electron chi connectivity index (χ3n) is 2.82. The topological polar surface area (TPSA) is 26.0 Å². The van der Waals surface area contributed by atoms with Crippen LogP contribution < -0.4 is 5.73 Å². The first-order chi connectivity index (χ1) is 7.63. The molecule has 0 fully saturated rings. The minimum absolute atomic E-state index is 0.282. The summed E-state index contributed by atoms with van der Waals surface area (Å²) >= 11 is 0. The van der Waals surface area contributed by atoms with Crippen molar-refractivity contribution in [1.29, 1.82) is 0 Å². The summed E-state index contributed by atoms with van der Waals surface area (Å²) in [6.07, 6.45) is 16.0. The van der Waals surface area contributed by atoms with Crippen LogP contribution in [0.25, 0.3) is 0 Å². The van der Waals surface area contributed by atoms with E-state index < -0.39 is 0 Å². The second kappa shape index (κ2) is 9.24. The molecule has 1 nitrogen and oxygen atoms in total. The first kappa shape index (κ1) is 15.0. The highest BCUT2D eigenvalue weighted by Gasteiger charge is 2.06. The van der Waals surface area contributed by atoms with Crippen molar-refractivity contribution in [1.82, 2.24) is 0 Å². The van der Waals surface area contributed by atoms with Gasteiger partial charge in [-0.3, -0.25) is 0 Å². The number of allylic oxidation sites excluding steroid dienone is 3. The normalized spacial score (nSPS) is 16.1. The van der Waals surface area contributed by atoms with Crippen LogP contribution in [0.15, 0.2) is 23.8 Å². The highest BCUT2D eigenvalue weighted by atomic mass is 14.6. The van der Waals surface area contributed by atoms with Gasteiger partial charge in [0.15, 0.2) is 0 Å². The average molecular weight is 219 g/mol. The summed E-state index contributed by atoms with van der Waals surface area (Å²) in [4.78, 5) is 0. The standard InChI is InChI=1S/C15H25N/c1-5-8-9-15(16)11-10-14(7-3)12-13(4)6-2/h2,5,8,12,14-15H,7,9-11,16H2,1,3-4H3/b8-5-,13-12+. The molecule has 0 radical (unpaired) electrons. The van der Waals surface area contributed by atoms with Crippen LogP contribution in [0.5, 0.6) is 0 Å². The largest absolute Gasteiger partial charge is 0.327 e. The second-order valence-electron chi connectivity index (χ2n) is 4.30. The zero-order chi connectivity index (χ0) is 12.4. The van der Waals surface area contributed by atoms with Crippen LogP contribution in [0.4, 0.5) is 0 Å². The SMILES string of the molecule is C#C/C(C)=C/C(CC)CCC(N)C/C=C\C. The number of hydrogen-bond donors (Lipinski definition) is 1. The van der Waals surface area contributed by atoms with Crippen LogP contribution in [-0.2, 0) is 0 Å². The number of hydrogen-bond acceptors (Lipinski definition) is 1. The Morgan fingerprint density at radius 2 is 2.12 bits per heavy atom. The van der Waals surface area contributed by atoms with Crippen LogP contribution in [0, 0.1) is 18.3 Å². The fraction of sp³-hybridized carbons (Fsp3) is 0.600. The van der Waals surface area contributed by atoms with E-state index >= 15 is 0 Å². The van der Waals surface area contributed by atoms with Gasteiger partial charge in [-0.1, -0.05) is 31.1 Å². The maximum atomic E-state index is 6.01. The van der Waals surface area contributed by atoms with E-state index in [-0.39, 0.29) is 6.04 Å². The highest BCUT2D eigenvalue weighted by molar-refractivity contribution is 5.23. The van der Waals surface area contributed by atoms with Crippen molar-refractivity contribution in [2.24, 2.45) is 11.7 Å². The van der Waals surface area contributed by atoms with Gasteiger partial charge in [0, 0.05) is 6.04 Å². The number of rotatable bonds is 7. The van der Waals surface area contributed by atoms with E-state index in [2.05, 4.69) is 31.1 Å². The molecule has 0 aromatic heterocycles. The van der Waals surface area contributed by atoms with Gasteiger partial charge < -0.3 is 5.73 Å². The molecule has 1 heteroatoms. The van der Waals surface area contributed by atoms with E-state index in [0.29, 0.717) is 5.92 Å². The lowest BCUT2D eigenvalue weighted by Crippen LogP contribution is -2.19. The van der Waals surface area contributed by atoms with E-state index in [9.17, 15) is 0 Å². The molecule has 0 aromatic carbocycles. The molecule has 0 saturated carbocycles. The molecule has 0 aliphatic rings. The van der Waals surface area contributed by atoms with E-state index in [1.165, 1.54) is 0 Å². The van der Waals surface area contributed by atoms with Gasteiger partial charge in [0.2, 0.25) is 0 Å². The Morgan fingerprint density at radius 3 is 2.62 bits per heavy atom. The molecule has 0 spiro atoms. The summed E-state index contributed by atoms with van der Waals surface area (Å²) in [5, 5.41) is 0. The van der Waals surface area contributed by atoms with Crippen molar-refractivity contribution in [2.75, 3.05) is 0 Å². The summed E-state index contributed by atoms with van der Waals surface area (Å²) in [7, 11) is 0. The highest BCUT2D eigenvalue weighted by Crippen LogP contribution is 2.16. The van der Waals surface area contributed by atoms with Crippen LogP contribution in [0.3, 0.4) is 0 Å². The summed E-state index contributed by atoms with van der Waals surface area (Å²) in [5.74, 6) is 3.25. The van der Waals surface area contributed by atoms with Crippen LogP contribution in [0.1, 0.15) is 46.5 Å². The van der Waals surface area contributed by atoms with Gasteiger partial charge in [-0.25, -0.2) is 0 Å². The Kier molecular flexibility index (Phi) is 8.66. The lowest BCUT2D eigenvalue weighted by molar-refractivity contribution is 0.493. The average Bonchev–Trinajstić information content (AvgIpc) is 2.31. The molecule has 0 aliphatic carbocycles. The smallest absolute Gasteiger partial charge is 0.00736 e. The van der Waals surface area contributed by atoms with Gasteiger partial charge in [-0.2, -0.15) is 0 Å². The summed E-state index contributed by atoms with van der Waals surface area (Å²) in [6, 6.07) is 0.282. The van der Waals surface area contributed by atoms with Gasteiger partial charge in [0.25, 0.3) is 0 Å². The van der Waals surface area contributed by atoms with Crippen molar-refractivity contribution >= 4 is 0 Å². The maximum Gasteiger partial charge on any atom is 0.00736 e. The number of terminal acetylenes is 1. The summed E-state index contributed by atoms with van der Waals surface area (Å²) < 4.78 is 0. The van der Waals surface area contributed by atoms with E-state index in [1.54, 1.807) is 0 Å². The Balaban J connectivity index is 4.01. The molecule has 90 valence electrons. The molecule has 0 aliphatic heterocycles. The molecule has 2 atom stereocenters. The maximum absolute atomic E-state index is 6.01. The molecule has 0 heterocycles. The van der Waals surface area contributed by atoms with E-state index in [4.69, 9.17) is 12.2 Å². The fourth-order valence-corrected chi connectivity index (χ4v) is 1.66. The van der Waals surface area contributed by atoms with Crippen molar-refractivity contribution in [3.63, 3.8) is 0 Å². The van der Waals surface area contributed by atoms with E-state index in [0.717, 1.165) is 31.3 Å². The van der Waals surface area contributed by atoms with Crippen molar-refractivity contribution in [3.05, 3.63) is 23.8 Å². The molecular formula is C15H25N. The summed E-state index contributed by atoms with van der Waals surface area (Å²) in [6.45, 7) is 6.21. The quantitative estimate of drug-likeness (QED) is 0.513.